The van der Waals surface area contributed by atoms with Crippen molar-refractivity contribution in [2.24, 2.45) is 0 Å². The van der Waals surface area contributed by atoms with Crippen LogP contribution < -0.4 is 0 Å². The van der Waals surface area contributed by atoms with Crippen LogP contribution in [0, 0.1) is 0 Å². The summed E-state index contributed by atoms with van der Waals surface area (Å²) in [6.45, 7) is 4.93. The van der Waals surface area contributed by atoms with Crippen LogP contribution in [0.5, 0.6) is 0 Å². The standard InChI is InChI=1S/C11H18N2O/c1-11(2,9-14)13(3)8-10-6-4-5-7-12-10/h4-7,14H,8-9H2,1-3H3. The Morgan fingerprint density at radius 3 is 2.64 bits per heavy atom. The first-order valence-corrected chi connectivity index (χ1v) is 4.78. The molecule has 0 aromatic carbocycles. The topological polar surface area (TPSA) is 36.4 Å². The molecule has 0 atom stereocenters. The number of pyridine rings is 1. The number of rotatable bonds is 4. The molecule has 1 aromatic rings. The van der Waals surface area contributed by atoms with E-state index in [0.717, 1.165) is 12.2 Å². The smallest absolute Gasteiger partial charge is 0.0610 e. The summed E-state index contributed by atoms with van der Waals surface area (Å²) in [7, 11) is 1.99. The second-order valence-electron chi connectivity index (χ2n) is 4.15. The van der Waals surface area contributed by atoms with Crippen molar-refractivity contribution < 1.29 is 5.11 Å². The molecule has 0 bridgehead atoms. The van der Waals surface area contributed by atoms with E-state index in [4.69, 9.17) is 0 Å². The summed E-state index contributed by atoms with van der Waals surface area (Å²) < 4.78 is 0. The zero-order valence-electron chi connectivity index (χ0n) is 9.07. The van der Waals surface area contributed by atoms with Crippen LogP contribution in [0.25, 0.3) is 0 Å². The van der Waals surface area contributed by atoms with E-state index in [9.17, 15) is 5.11 Å². The first kappa shape index (κ1) is 11.1. The van der Waals surface area contributed by atoms with Crippen LogP contribution in [0.1, 0.15) is 19.5 Å². The van der Waals surface area contributed by atoms with Gasteiger partial charge in [0.05, 0.1) is 12.3 Å². The third kappa shape index (κ3) is 2.79. The van der Waals surface area contributed by atoms with E-state index in [-0.39, 0.29) is 12.1 Å². The van der Waals surface area contributed by atoms with Gasteiger partial charge in [-0.05, 0) is 33.0 Å². The Labute approximate surface area is 85.4 Å². The van der Waals surface area contributed by atoms with E-state index >= 15 is 0 Å². The maximum absolute atomic E-state index is 9.18. The Kier molecular flexibility index (Phi) is 3.61. The predicted octanol–water partition coefficient (Wildman–Crippen LogP) is 1.28. The van der Waals surface area contributed by atoms with Gasteiger partial charge in [0.15, 0.2) is 0 Å². The van der Waals surface area contributed by atoms with Crippen LogP contribution in [0.2, 0.25) is 0 Å². The van der Waals surface area contributed by atoms with Gasteiger partial charge in [-0.15, -0.1) is 0 Å². The largest absolute Gasteiger partial charge is 0.394 e. The molecule has 1 aromatic heterocycles. The van der Waals surface area contributed by atoms with E-state index < -0.39 is 0 Å². The summed E-state index contributed by atoms with van der Waals surface area (Å²) in [6.07, 6.45) is 1.79. The Morgan fingerprint density at radius 1 is 1.43 bits per heavy atom. The highest BCUT2D eigenvalue weighted by molar-refractivity contribution is 5.03. The van der Waals surface area contributed by atoms with E-state index in [0.29, 0.717) is 0 Å². The molecule has 3 nitrogen and oxygen atoms in total. The molecule has 78 valence electrons. The molecule has 0 saturated heterocycles. The number of nitrogens with zero attached hydrogens (tertiary/aromatic N) is 2. The van der Waals surface area contributed by atoms with Crippen LogP contribution in [-0.4, -0.2) is 34.2 Å². The minimum atomic E-state index is -0.197. The third-order valence-electron chi connectivity index (χ3n) is 2.55. The van der Waals surface area contributed by atoms with Gasteiger partial charge in [0.2, 0.25) is 0 Å². The molecule has 0 radical (unpaired) electrons. The number of aliphatic hydroxyl groups is 1. The summed E-state index contributed by atoms with van der Waals surface area (Å²) in [5.74, 6) is 0. The molecule has 0 fully saturated rings. The predicted molar refractivity (Wildman–Crippen MR) is 56.9 cm³/mol. The Bertz CT molecular complexity index is 272. The van der Waals surface area contributed by atoms with E-state index in [2.05, 4.69) is 9.88 Å². The molecule has 0 aliphatic heterocycles. The fourth-order valence-electron chi connectivity index (χ4n) is 1.07. The Hall–Kier alpha value is -0.930. The van der Waals surface area contributed by atoms with Gasteiger partial charge in [0.25, 0.3) is 0 Å². The average Bonchev–Trinajstić information content (AvgIpc) is 2.19. The molecule has 0 saturated carbocycles. The zero-order valence-corrected chi connectivity index (χ0v) is 9.07. The second-order valence-corrected chi connectivity index (χ2v) is 4.15. The molecule has 0 amide bonds. The minimum Gasteiger partial charge on any atom is -0.394 e. The van der Waals surface area contributed by atoms with Crippen LogP contribution in [0.4, 0.5) is 0 Å². The molecule has 3 heteroatoms. The van der Waals surface area contributed by atoms with Crippen molar-refractivity contribution >= 4 is 0 Å². The summed E-state index contributed by atoms with van der Waals surface area (Å²) in [5.41, 5.74) is 0.828. The molecule has 1 rings (SSSR count). The first-order chi connectivity index (χ1) is 6.56. The lowest BCUT2D eigenvalue weighted by molar-refractivity contribution is 0.0724. The molecule has 14 heavy (non-hydrogen) atoms. The highest BCUT2D eigenvalue weighted by atomic mass is 16.3. The summed E-state index contributed by atoms with van der Waals surface area (Å²) in [5, 5.41) is 9.18. The summed E-state index contributed by atoms with van der Waals surface area (Å²) in [4.78, 5) is 6.34. The van der Waals surface area contributed by atoms with Gasteiger partial charge in [-0.3, -0.25) is 9.88 Å². The van der Waals surface area contributed by atoms with Crippen LogP contribution in [-0.2, 0) is 6.54 Å². The van der Waals surface area contributed by atoms with Crippen molar-refractivity contribution in [3.63, 3.8) is 0 Å². The number of hydrogen-bond donors (Lipinski definition) is 1. The van der Waals surface area contributed by atoms with Gasteiger partial charge in [0, 0.05) is 18.3 Å². The van der Waals surface area contributed by atoms with Crippen molar-refractivity contribution in [2.75, 3.05) is 13.7 Å². The number of aromatic nitrogens is 1. The fraction of sp³-hybridized carbons (Fsp3) is 0.545. The number of likely N-dealkylation sites (N-methyl/N-ethyl adjacent to an activating group) is 1. The third-order valence-corrected chi connectivity index (χ3v) is 2.55. The second kappa shape index (κ2) is 4.53. The molecule has 1 N–H and O–H groups in total. The normalized spacial score (nSPS) is 12.1. The minimum absolute atomic E-state index is 0.149. The van der Waals surface area contributed by atoms with Crippen molar-refractivity contribution in [3.05, 3.63) is 30.1 Å². The maximum Gasteiger partial charge on any atom is 0.0610 e. The van der Waals surface area contributed by atoms with Gasteiger partial charge in [-0.25, -0.2) is 0 Å². The lowest BCUT2D eigenvalue weighted by Crippen LogP contribution is -2.43. The molecular weight excluding hydrogens is 176 g/mol. The molecule has 0 spiro atoms. The molecule has 0 unspecified atom stereocenters. The lowest BCUT2D eigenvalue weighted by atomic mass is 10.1. The first-order valence-electron chi connectivity index (χ1n) is 4.78. The van der Waals surface area contributed by atoms with E-state index in [1.54, 1.807) is 6.20 Å². The Balaban J connectivity index is 2.62. The van der Waals surface area contributed by atoms with Gasteiger partial charge in [-0.1, -0.05) is 6.07 Å². The molecule has 0 aliphatic carbocycles. The van der Waals surface area contributed by atoms with Crippen molar-refractivity contribution in [1.82, 2.24) is 9.88 Å². The summed E-state index contributed by atoms with van der Waals surface area (Å²) in [6, 6.07) is 5.87. The molecule has 0 aliphatic rings. The monoisotopic (exact) mass is 194 g/mol. The SMILES string of the molecule is CN(Cc1ccccn1)C(C)(C)CO. The number of hydrogen-bond acceptors (Lipinski definition) is 3. The van der Waals surface area contributed by atoms with Gasteiger partial charge in [-0.2, -0.15) is 0 Å². The summed E-state index contributed by atoms with van der Waals surface area (Å²) >= 11 is 0. The van der Waals surface area contributed by atoms with Gasteiger partial charge in [0.1, 0.15) is 0 Å². The van der Waals surface area contributed by atoms with Crippen LogP contribution in [0.15, 0.2) is 24.4 Å². The average molecular weight is 194 g/mol. The van der Waals surface area contributed by atoms with Crippen molar-refractivity contribution in [3.8, 4) is 0 Å². The van der Waals surface area contributed by atoms with E-state index in [1.807, 2.05) is 39.1 Å². The fourth-order valence-corrected chi connectivity index (χ4v) is 1.07. The number of aliphatic hydroxyl groups excluding tert-OH is 1. The van der Waals surface area contributed by atoms with Gasteiger partial charge >= 0.3 is 0 Å². The Morgan fingerprint density at radius 2 is 2.14 bits per heavy atom. The lowest BCUT2D eigenvalue weighted by Gasteiger charge is -2.33. The zero-order chi connectivity index (χ0) is 10.6. The maximum atomic E-state index is 9.18. The quantitative estimate of drug-likeness (QED) is 0.784. The highest BCUT2D eigenvalue weighted by Crippen LogP contribution is 2.13. The van der Waals surface area contributed by atoms with Crippen LogP contribution >= 0.6 is 0 Å². The van der Waals surface area contributed by atoms with Crippen LogP contribution in [0.3, 0.4) is 0 Å². The van der Waals surface area contributed by atoms with Gasteiger partial charge < -0.3 is 5.11 Å². The highest BCUT2D eigenvalue weighted by Gasteiger charge is 2.22. The molecular formula is C11H18N2O. The van der Waals surface area contributed by atoms with Crippen molar-refractivity contribution in [1.29, 1.82) is 0 Å². The van der Waals surface area contributed by atoms with Crippen molar-refractivity contribution in [2.45, 2.75) is 25.9 Å². The molecule has 1 heterocycles. The van der Waals surface area contributed by atoms with E-state index in [1.165, 1.54) is 0 Å².